The lowest BCUT2D eigenvalue weighted by Gasteiger charge is -2.30. The highest BCUT2D eigenvalue weighted by Gasteiger charge is 2.27. The Morgan fingerprint density at radius 1 is 1.06 bits per heavy atom. The first-order valence-corrected chi connectivity index (χ1v) is 10.8. The summed E-state index contributed by atoms with van der Waals surface area (Å²) in [6.45, 7) is 7.68. The number of carbonyl (C=O) groups excluding carboxylic acids is 2. The van der Waals surface area contributed by atoms with Crippen LogP contribution in [0.1, 0.15) is 61.3 Å². The number of likely N-dealkylation sites (tertiary alicyclic amines) is 1. The average Bonchev–Trinajstić information content (AvgIpc) is 3.21. The van der Waals surface area contributed by atoms with Gasteiger partial charge in [-0.15, -0.1) is 0 Å². The monoisotopic (exact) mass is 419 g/mol. The molecule has 162 valence electrons. The van der Waals surface area contributed by atoms with Crippen molar-refractivity contribution >= 4 is 22.9 Å². The molecule has 2 aromatic carbocycles. The molecule has 1 saturated heterocycles. The second-order valence-electron chi connectivity index (χ2n) is 9.18. The average molecular weight is 420 g/mol. The van der Waals surface area contributed by atoms with Gasteiger partial charge in [0.15, 0.2) is 11.5 Å². The molecule has 2 amide bonds. The Morgan fingerprint density at radius 2 is 1.74 bits per heavy atom. The van der Waals surface area contributed by atoms with Gasteiger partial charge in [-0.3, -0.25) is 9.59 Å². The van der Waals surface area contributed by atoms with Gasteiger partial charge in [-0.05, 0) is 48.1 Å². The van der Waals surface area contributed by atoms with E-state index in [-0.39, 0.29) is 29.7 Å². The molecule has 3 aromatic rings. The molecule has 1 aliphatic heterocycles. The van der Waals surface area contributed by atoms with Crippen molar-refractivity contribution in [2.75, 3.05) is 19.6 Å². The molecule has 1 aliphatic rings. The maximum absolute atomic E-state index is 12.6. The van der Waals surface area contributed by atoms with Gasteiger partial charge in [0.05, 0.1) is 6.54 Å². The van der Waals surface area contributed by atoms with Gasteiger partial charge in [0.25, 0.3) is 5.91 Å². The molecule has 0 spiro atoms. The molecule has 6 nitrogen and oxygen atoms in total. The molecule has 0 aliphatic carbocycles. The van der Waals surface area contributed by atoms with Gasteiger partial charge < -0.3 is 14.6 Å². The zero-order chi connectivity index (χ0) is 22.0. The van der Waals surface area contributed by atoms with E-state index in [0.29, 0.717) is 18.7 Å². The lowest BCUT2D eigenvalue weighted by molar-refractivity contribution is -0.131. The smallest absolute Gasteiger partial charge is 0.251 e. The third-order valence-electron chi connectivity index (χ3n) is 5.92. The van der Waals surface area contributed by atoms with Crippen molar-refractivity contribution in [3.8, 4) is 0 Å². The van der Waals surface area contributed by atoms with Crippen LogP contribution in [-0.4, -0.2) is 41.3 Å². The molecule has 6 heteroatoms. The number of nitrogens with zero attached hydrogens (tertiary/aromatic N) is 2. The highest BCUT2D eigenvalue weighted by atomic mass is 16.3. The number of fused-ring (bicyclic) bond motifs is 1. The summed E-state index contributed by atoms with van der Waals surface area (Å²) < 4.78 is 5.89. The largest absolute Gasteiger partial charge is 0.440 e. The van der Waals surface area contributed by atoms with Crippen molar-refractivity contribution < 1.29 is 14.0 Å². The van der Waals surface area contributed by atoms with Gasteiger partial charge in [-0.2, -0.15) is 0 Å². The first-order valence-electron chi connectivity index (χ1n) is 10.8. The number of benzene rings is 2. The third kappa shape index (κ3) is 4.79. The van der Waals surface area contributed by atoms with Crippen molar-refractivity contribution in [1.82, 2.24) is 15.2 Å². The van der Waals surface area contributed by atoms with E-state index in [9.17, 15) is 9.59 Å². The van der Waals surface area contributed by atoms with Crippen LogP contribution in [0.15, 0.2) is 52.9 Å². The van der Waals surface area contributed by atoms with Crippen molar-refractivity contribution in [1.29, 1.82) is 0 Å². The summed E-state index contributed by atoms with van der Waals surface area (Å²) in [7, 11) is 0. The van der Waals surface area contributed by atoms with Gasteiger partial charge in [0, 0.05) is 24.6 Å². The molecule has 2 heterocycles. The summed E-state index contributed by atoms with van der Waals surface area (Å²) in [5, 5.41) is 2.75. The lowest BCUT2D eigenvalue weighted by Crippen LogP contribution is -2.43. The fourth-order valence-electron chi connectivity index (χ4n) is 3.93. The quantitative estimate of drug-likeness (QED) is 0.686. The van der Waals surface area contributed by atoms with Crippen LogP contribution in [0.5, 0.6) is 0 Å². The van der Waals surface area contributed by atoms with Crippen molar-refractivity contribution in [2.45, 2.75) is 44.9 Å². The van der Waals surface area contributed by atoms with E-state index in [0.717, 1.165) is 29.8 Å². The molecule has 0 unspecified atom stereocenters. The van der Waals surface area contributed by atoms with E-state index in [2.05, 4.69) is 31.1 Å². The number of hydrogen-bond acceptors (Lipinski definition) is 4. The minimum atomic E-state index is -0.227. The van der Waals surface area contributed by atoms with E-state index >= 15 is 0 Å². The first kappa shape index (κ1) is 21.1. The Kier molecular flexibility index (Phi) is 5.81. The molecule has 1 fully saturated rings. The SMILES string of the molecule is CC(C)(C)c1ccc(C(=O)NCC(=O)N2CCC(c3nc4ccccc4o3)CC2)cc1. The Hall–Kier alpha value is -3.15. The number of para-hydroxylation sites is 2. The number of piperidine rings is 1. The number of hydrogen-bond donors (Lipinski definition) is 1. The molecule has 0 bridgehead atoms. The van der Waals surface area contributed by atoms with Crippen molar-refractivity contribution in [3.63, 3.8) is 0 Å². The molecule has 0 saturated carbocycles. The molecular formula is C25H29N3O3. The van der Waals surface area contributed by atoms with Crippen LogP contribution < -0.4 is 5.32 Å². The third-order valence-corrected chi connectivity index (χ3v) is 5.92. The Balaban J connectivity index is 1.27. The van der Waals surface area contributed by atoms with E-state index < -0.39 is 0 Å². The van der Waals surface area contributed by atoms with Gasteiger partial charge in [0.1, 0.15) is 5.52 Å². The Morgan fingerprint density at radius 3 is 2.39 bits per heavy atom. The topological polar surface area (TPSA) is 75.4 Å². The summed E-state index contributed by atoms with van der Waals surface area (Å²) >= 11 is 0. The summed E-state index contributed by atoms with van der Waals surface area (Å²) in [5.74, 6) is 0.679. The predicted molar refractivity (Wildman–Crippen MR) is 120 cm³/mol. The summed E-state index contributed by atoms with van der Waals surface area (Å²) in [4.78, 5) is 31.4. The number of rotatable bonds is 4. The maximum atomic E-state index is 12.6. The zero-order valence-electron chi connectivity index (χ0n) is 18.4. The van der Waals surface area contributed by atoms with E-state index in [1.54, 1.807) is 0 Å². The minimum absolute atomic E-state index is 0.00735. The van der Waals surface area contributed by atoms with E-state index in [1.165, 1.54) is 5.56 Å². The van der Waals surface area contributed by atoms with E-state index in [4.69, 9.17) is 4.42 Å². The maximum Gasteiger partial charge on any atom is 0.251 e. The zero-order valence-corrected chi connectivity index (χ0v) is 18.4. The number of aromatic nitrogens is 1. The molecule has 1 N–H and O–H groups in total. The fraction of sp³-hybridized carbons (Fsp3) is 0.400. The first-order chi connectivity index (χ1) is 14.8. The van der Waals surface area contributed by atoms with Crippen LogP contribution in [-0.2, 0) is 10.2 Å². The minimum Gasteiger partial charge on any atom is -0.440 e. The Labute approximate surface area is 182 Å². The predicted octanol–water partition coefficient (Wildman–Crippen LogP) is 4.26. The van der Waals surface area contributed by atoms with Gasteiger partial charge >= 0.3 is 0 Å². The van der Waals surface area contributed by atoms with Crippen LogP contribution in [0.3, 0.4) is 0 Å². The van der Waals surface area contributed by atoms with Crippen molar-refractivity contribution in [2.24, 2.45) is 0 Å². The highest BCUT2D eigenvalue weighted by molar-refractivity contribution is 5.96. The van der Waals surface area contributed by atoms with Crippen LogP contribution in [0.2, 0.25) is 0 Å². The molecule has 1 aromatic heterocycles. The van der Waals surface area contributed by atoms with Gasteiger partial charge in [0.2, 0.25) is 5.91 Å². The summed E-state index contributed by atoms with van der Waals surface area (Å²) in [6.07, 6.45) is 1.61. The second kappa shape index (κ2) is 8.53. The second-order valence-corrected chi connectivity index (χ2v) is 9.18. The van der Waals surface area contributed by atoms with Crippen LogP contribution in [0, 0.1) is 0 Å². The van der Waals surface area contributed by atoms with E-state index in [1.807, 2.05) is 53.4 Å². The van der Waals surface area contributed by atoms with Crippen LogP contribution in [0.25, 0.3) is 11.1 Å². The lowest BCUT2D eigenvalue weighted by atomic mass is 9.87. The summed E-state index contributed by atoms with van der Waals surface area (Å²) in [5.41, 5.74) is 3.44. The number of carbonyl (C=O) groups is 2. The number of nitrogens with one attached hydrogen (secondary N) is 1. The van der Waals surface area contributed by atoms with Crippen LogP contribution >= 0.6 is 0 Å². The van der Waals surface area contributed by atoms with Crippen LogP contribution in [0.4, 0.5) is 0 Å². The van der Waals surface area contributed by atoms with Crippen molar-refractivity contribution in [3.05, 3.63) is 65.5 Å². The van der Waals surface area contributed by atoms with Gasteiger partial charge in [-0.25, -0.2) is 4.98 Å². The molecule has 0 atom stereocenters. The normalized spacial score (nSPS) is 15.3. The molecule has 31 heavy (non-hydrogen) atoms. The summed E-state index contributed by atoms with van der Waals surface area (Å²) in [6, 6.07) is 15.3. The Bertz CT molecular complexity index is 1040. The number of oxazole rings is 1. The molecule has 0 radical (unpaired) electrons. The fourth-order valence-corrected chi connectivity index (χ4v) is 3.93. The van der Waals surface area contributed by atoms with Gasteiger partial charge in [-0.1, -0.05) is 45.0 Å². The highest BCUT2D eigenvalue weighted by Crippen LogP contribution is 2.30. The molecule has 4 rings (SSSR count). The standard InChI is InChI=1S/C25H29N3O3/c1-25(2,3)19-10-8-17(9-11-19)23(30)26-16-22(29)28-14-12-18(13-15-28)24-27-20-6-4-5-7-21(20)31-24/h4-11,18H,12-16H2,1-3H3,(H,26,30). The molecular weight excluding hydrogens is 390 g/mol. The number of amides is 2.